The highest BCUT2D eigenvalue weighted by molar-refractivity contribution is 5.83. The maximum absolute atomic E-state index is 11.6. The van der Waals surface area contributed by atoms with Crippen LogP contribution in [0.4, 0.5) is 0 Å². The van der Waals surface area contributed by atoms with Crippen LogP contribution in [0, 0.1) is 0 Å². The Morgan fingerprint density at radius 2 is 1.82 bits per heavy atom. The number of carboxylic acid groups (broad SMARTS) is 1. The molecule has 0 aliphatic carbocycles. The zero-order valence-corrected chi connectivity index (χ0v) is 10.0. The van der Waals surface area contributed by atoms with Gasteiger partial charge in [-0.05, 0) is 18.4 Å². The Kier molecular flexibility index (Phi) is 4.69. The molecule has 0 radical (unpaired) electrons. The summed E-state index contributed by atoms with van der Waals surface area (Å²) in [7, 11) is 0. The number of carbonyl (C=O) groups is 2. The average molecular weight is 235 g/mol. The van der Waals surface area contributed by atoms with Crippen molar-refractivity contribution in [3.8, 4) is 0 Å². The van der Waals surface area contributed by atoms with Crippen LogP contribution in [0.1, 0.15) is 31.7 Å². The lowest BCUT2D eigenvalue weighted by Gasteiger charge is -2.13. The lowest BCUT2D eigenvalue weighted by Crippen LogP contribution is -2.38. The number of carbonyl (C=O) groups excluding carboxylic acids is 1. The van der Waals surface area contributed by atoms with E-state index in [2.05, 4.69) is 5.32 Å². The van der Waals surface area contributed by atoms with Gasteiger partial charge in [-0.1, -0.05) is 37.3 Å². The van der Waals surface area contributed by atoms with Crippen LogP contribution in [-0.2, 0) is 9.59 Å². The van der Waals surface area contributed by atoms with E-state index in [0.717, 1.165) is 5.56 Å². The molecule has 1 amide bonds. The number of amides is 1. The minimum Gasteiger partial charge on any atom is -0.480 e. The Balaban J connectivity index is 2.49. The second-order valence-corrected chi connectivity index (χ2v) is 4.14. The summed E-state index contributed by atoms with van der Waals surface area (Å²) in [6.45, 7) is 3.40. The monoisotopic (exact) mass is 235 g/mol. The van der Waals surface area contributed by atoms with Crippen LogP contribution in [0.3, 0.4) is 0 Å². The van der Waals surface area contributed by atoms with Crippen molar-refractivity contribution in [3.63, 3.8) is 0 Å². The lowest BCUT2D eigenvalue weighted by molar-refractivity contribution is -0.141. The van der Waals surface area contributed by atoms with Gasteiger partial charge in [-0.15, -0.1) is 0 Å². The molecular weight excluding hydrogens is 218 g/mol. The van der Waals surface area contributed by atoms with Crippen molar-refractivity contribution in [3.05, 3.63) is 35.9 Å². The van der Waals surface area contributed by atoms with E-state index in [-0.39, 0.29) is 11.8 Å². The molecule has 2 atom stereocenters. The normalized spacial score (nSPS) is 13.8. The van der Waals surface area contributed by atoms with Crippen molar-refractivity contribution < 1.29 is 14.7 Å². The fourth-order valence-corrected chi connectivity index (χ4v) is 1.54. The molecular formula is C13H17NO3. The van der Waals surface area contributed by atoms with E-state index in [9.17, 15) is 9.59 Å². The van der Waals surface area contributed by atoms with Crippen LogP contribution < -0.4 is 5.32 Å². The maximum Gasteiger partial charge on any atom is 0.325 e. The first-order chi connectivity index (χ1) is 8.00. The molecule has 4 heteroatoms. The highest BCUT2D eigenvalue weighted by Crippen LogP contribution is 2.18. The fraction of sp³-hybridized carbons (Fsp3) is 0.385. The summed E-state index contributed by atoms with van der Waals surface area (Å²) in [5, 5.41) is 11.1. The molecule has 4 nitrogen and oxygen atoms in total. The summed E-state index contributed by atoms with van der Waals surface area (Å²) >= 11 is 0. The summed E-state index contributed by atoms with van der Waals surface area (Å²) in [6.07, 6.45) is 0.293. The van der Waals surface area contributed by atoms with Crippen molar-refractivity contribution in [1.82, 2.24) is 5.32 Å². The zero-order chi connectivity index (χ0) is 12.8. The quantitative estimate of drug-likeness (QED) is 0.817. The van der Waals surface area contributed by atoms with Gasteiger partial charge in [0.2, 0.25) is 5.91 Å². The second-order valence-electron chi connectivity index (χ2n) is 4.14. The molecule has 2 unspecified atom stereocenters. The Labute approximate surface area is 101 Å². The first-order valence-electron chi connectivity index (χ1n) is 5.58. The summed E-state index contributed by atoms with van der Waals surface area (Å²) < 4.78 is 0. The van der Waals surface area contributed by atoms with Crippen LogP contribution in [0.15, 0.2) is 30.3 Å². The van der Waals surface area contributed by atoms with Gasteiger partial charge in [0.1, 0.15) is 6.04 Å². The molecule has 0 aliphatic rings. The van der Waals surface area contributed by atoms with Gasteiger partial charge in [0.15, 0.2) is 0 Å². The molecule has 0 saturated heterocycles. The molecule has 0 saturated carbocycles. The Hall–Kier alpha value is -1.84. The van der Waals surface area contributed by atoms with Gasteiger partial charge in [-0.3, -0.25) is 9.59 Å². The fourth-order valence-electron chi connectivity index (χ4n) is 1.54. The maximum atomic E-state index is 11.6. The van der Waals surface area contributed by atoms with Crippen molar-refractivity contribution in [2.75, 3.05) is 0 Å². The minimum atomic E-state index is -1.02. The minimum absolute atomic E-state index is 0.0807. The number of nitrogens with one attached hydrogen (secondary N) is 1. The number of aliphatic carboxylic acids is 1. The van der Waals surface area contributed by atoms with E-state index in [4.69, 9.17) is 5.11 Å². The molecule has 0 fully saturated rings. The van der Waals surface area contributed by atoms with Gasteiger partial charge in [0.05, 0.1) is 0 Å². The highest BCUT2D eigenvalue weighted by Gasteiger charge is 2.16. The molecule has 2 N–H and O–H groups in total. The third-order valence-electron chi connectivity index (χ3n) is 2.61. The first kappa shape index (κ1) is 13.2. The van der Waals surface area contributed by atoms with Crippen LogP contribution in [0.5, 0.6) is 0 Å². The average Bonchev–Trinajstić information content (AvgIpc) is 2.29. The van der Waals surface area contributed by atoms with Gasteiger partial charge in [0, 0.05) is 6.42 Å². The third kappa shape index (κ3) is 4.26. The van der Waals surface area contributed by atoms with Crippen LogP contribution in [-0.4, -0.2) is 23.0 Å². The molecule has 1 aromatic rings. The number of hydrogen-bond donors (Lipinski definition) is 2. The van der Waals surface area contributed by atoms with Gasteiger partial charge in [-0.25, -0.2) is 0 Å². The SMILES string of the molecule is CC(NC(=O)CC(C)c1ccccc1)C(=O)O. The molecule has 1 rings (SSSR count). The van der Waals surface area contributed by atoms with E-state index in [1.807, 2.05) is 37.3 Å². The Bertz CT molecular complexity index is 389. The number of rotatable bonds is 5. The highest BCUT2D eigenvalue weighted by atomic mass is 16.4. The molecule has 0 spiro atoms. The van der Waals surface area contributed by atoms with Crippen LogP contribution in [0.25, 0.3) is 0 Å². The molecule has 0 heterocycles. The van der Waals surface area contributed by atoms with Crippen molar-refractivity contribution in [2.45, 2.75) is 32.2 Å². The predicted octanol–water partition coefficient (Wildman–Crippen LogP) is 1.77. The summed E-state index contributed by atoms with van der Waals surface area (Å²) in [5.41, 5.74) is 1.07. The number of carboxylic acids is 1. The van der Waals surface area contributed by atoms with Gasteiger partial charge in [0.25, 0.3) is 0 Å². The molecule has 0 aromatic heterocycles. The van der Waals surface area contributed by atoms with Gasteiger partial charge in [-0.2, -0.15) is 0 Å². The largest absolute Gasteiger partial charge is 0.480 e. The summed E-state index contributed by atoms with van der Waals surface area (Å²) in [4.78, 5) is 22.1. The third-order valence-corrected chi connectivity index (χ3v) is 2.61. The van der Waals surface area contributed by atoms with E-state index in [1.165, 1.54) is 6.92 Å². The predicted molar refractivity (Wildman–Crippen MR) is 64.7 cm³/mol. The topological polar surface area (TPSA) is 66.4 Å². The lowest BCUT2D eigenvalue weighted by atomic mass is 9.97. The van der Waals surface area contributed by atoms with Crippen molar-refractivity contribution in [1.29, 1.82) is 0 Å². The number of hydrogen-bond acceptors (Lipinski definition) is 2. The molecule has 1 aromatic carbocycles. The second kappa shape index (κ2) is 6.03. The molecule has 17 heavy (non-hydrogen) atoms. The summed E-state index contributed by atoms with van der Waals surface area (Å²) in [6, 6.07) is 8.83. The van der Waals surface area contributed by atoms with Gasteiger partial charge < -0.3 is 10.4 Å². The van der Waals surface area contributed by atoms with Crippen molar-refractivity contribution >= 4 is 11.9 Å². The molecule has 0 aliphatic heterocycles. The first-order valence-corrected chi connectivity index (χ1v) is 5.58. The Morgan fingerprint density at radius 3 is 2.35 bits per heavy atom. The molecule has 92 valence electrons. The summed E-state index contributed by atoms with van der Waals surface area (Å²) in [5.74, 6) is -1.18. The van der Waals surface area contributed by atoms with E-state index in [0.29, 0.717) is 6.42 Å². The smallest absolute Gasteiger partial charge is 0.325 e. The molecule has 0 bridgehead atoms. The van der Waals surface area contributed by atoms with E-state index < -0.39 is 12.0 Å². The van der Waals surface area contributed by atoms with Crippen molar-refractivity contribution in [2.24, 2.45) is 0 Å². The Morgan fingerprint density at radius 1 is 1.24 bits per heavy atom. The van der Waals surface area contributed by atoms with Crippen LogP contribution >= 0.6 is 0 Å². The number of benzene rings is 1. The van der Waals surface area contributed by atoms with Crippen LogP contribution in [0.2, 0.25) is 0 Å². The van der Waals surface area contributed by atoms with E-state index in [1.54, 1.807) is 0 Å². The zero-order valence-electron chi connectivity index (χ0n) is 10.0. The van der Waals surface area contributed by atoms with Gasteiger partial charge >= 0.3 is 5.97 Å². The standard InChI is InChI=1S/C13H17NO3/c1-9(11-6-4-3-5-7-11)8-12(15)14-10(2)13(16)17/h3-7,9-10H,8H2,1-2H3,(H,14,15)(H,16,17). The van der Waals surface area contributed by atoms with E-state index >= 15 is 0 Å².